The summed E-state index contributed by atoms with van der Waals surface area (Å²) in [6.45, 7) is 5.75. The van der Waals surface area contributed by atoms with Crippen molar-refractivity contribution < 1.29 is 17.6 Å². The number of nitrogens with zero attached hydrogens (tertiary/aromatic N) is 1. The van der Waals surface area contributed by atoms with E-state index < -0.39 is 15.8 Å². The first-order valence-corrected chi connectivity index (χ1v) is 10.4. The van der Waals surface area contributed by atoms with Gasteiger partial charge in [-0.15, -0.1) is 0 Å². The Bertz CT molecular complexity index is 958. The molecule has 1 aliphatic heterocycles. The van der Waals surface area contributed by atoms with Gasteiger partial charge in [-0.3, -0.25) is 9.10 Å². The second kappa shape index (κ2) is 7.31. The number of benzene rings is 2. The number of nitrogens with one attached hydrogen (secondary N) is 1. The van der Waals surface area contributed by atoms with Gasteiger partial charge in [0.25, 0.3) is 15.9 Å². The summed E-state index contributed by atoms with van der Waals surface area (Å²) in [7, 11) is -3.81. The fourth-order valence-corrected chi connectivity index (χ4v) is 4.93. The lowest BCUT2D eigenvalue weighted by atomic mass is 10.1. The van der Waals surface area contributed by atoms with Crippen LogP contribution >= 0.6 is 0 Å². The van der Waals surface area contributed by atoms with Crippen molar-refractivity contribution in [1.29, 1.82) is 0 Å². The summed E-state index contributed by atoms with van der Waals surface area (Å²) in [5, 5.41) is 2.91. The van der Waals surface area contributed by atoms with E-state index in [0.29, 0.717) is 17.7 Å². The summed E-state index contributed by atoms with van der Waals surface area (Å²) >= 11 is 0. The van der Waals surface area contributed by atoms with Crippen LogP contribution in [-0.2, 0) is 16.4 Å². The highest BCUT2D eigenvalue weighted by Crippen LogP contribution is 2.37. The Morgan fingerprint density at radius 3 is 2.56 bits per heavy atom. The maximum Gasteiger partial charge on any atom is 0.264 e. The molecule has 0 radical (unpaired) electrons. The molecule has 2 atom stereocenters. The van der Waals surface area contributed by atoms with Crippen LogP contribution in [0.2, 0.25) is 0 Å². The molecule has 7 heteroatoms. The smallest absolute Gasteiger partial charge is 0.264 e. The molecule has 2 aromatic rings. The topological polar surface area (TPSA) is 66.5 Å². The zero-order valence-electron chi connectivity index (χ0n) is 15.6. The number of carbonyl (C=O) groups is 1. The molecule has 0 aliphatic carbocycles. The Balaban J connectivity index is 1.94. The first kappa shape index (κ1) is 19.4. The molecule has 144 valence electrons. The van der Waals surface area contributed by atoms with Gasteiger partial charge in [-0.1, -0.05) is 6.92 Å². The molecule has 0 bridgehead atoms. The minimum atomic E-state index is -3.81. The number of amides is 1. The number of halogens is 1. The van der Waals surface area contributed by atoms with E-state index in [0.717, 1.165) is 24.1 Å². The largest absolute Gasteiger partial charge is 0.350 e. The van der Waals surface area contributed by atoms with Crippen molar-refractivity contribution in [1.82, 2.24) is 5.32 Å². The van der Waals surface area contributed by atoms with E-state index in [9.17, 15) is 17.6 Å². The van der Waals surface area contributed by atoms with E-state index in [2.05, 4.69) is 5.32 Å². The third-order valence-corrected chi connectivity index (χ3v) is 6.80. The van der Waals surface area contributed by atoms with Gasteiger partial charge in [-0.25, -0.2) is 12.8 Å². The maximum atomic E-state index is 13.2. The van der Waals surface area contributed by atoms with Crippen LogP contribution in [0.5, 0.6) is 0 Å². The monoisotopic (exact) mass is 390 g/mol. The summed E-state index contributed by atoms with van der Waals surface area (Å²) in [6, 6.07) is 9.65. The van der Waals surface area contributed by atoms with Crippen LogP contribution in [0.25, 0.3) is 0 Å². The molecular weight excluding hydrogens is 367 g/mol. The Hall–Kier alpha value is -2.41. The molecule has 0 spiro atoms. The molecule has 27 heavy (non-hydrogen) atoms. The first-order chi connectivity index (χ1) is 12.7. The molecule has 1 heterocycles. The number of sulfonamides is 1. The number of carbonyl (C=O) groups excluding carboxylic acids is 1. The van der Waals surface area contributed by atoms with Gasteiger partial charge >= 0.3 is 0 Å². The third kappa shape index (κ3) is 3.69. The fourth-order valence-electron chi connectivity index (χ4n) is 3.24. The molecule has 1 aliphatic rings. The van der Waals surface area contributed by atoms with Crippen LogP contribution in [0.3, 0.4) is 0 Å². The zero-order valence-corrected chi connectivity index (χ0v) is 16.4. The van der Waals surface area contributed by atoms with Crippen LogP contribution in [0.1, 0.15) is 43.1 Å². The molecule has 0 saturated carbocycles. The predicted molar refractivity (Wildman–Crippen MR) is 103 cm³/mol. The number of anilines is 1. The fraction of sp³-hybridized carbons (Fsp3) is 0.350. The molecule has 3 rings (SSSR count). The van der Waals surface area contributed by atoms with Gasteiger partial charge in [-0.05, 0) is 74.7 Å². The normalized spacial score (nSPS) is 17.5. The lowest BCUT2D eigenvalue weighted by Gasteiger charge is -2.24. The number of rotatable bonds is 5. The standard InChI is InChI=1S/C20H23FN2O3S/c1-4-13(2)22-20(24)15-5-10-19-16(12-15)11-14(3)23(19)27(25,26)18-8-6-17(21)7-9-18/h5-10,12-14H,4,11H2,1-3H3,(H,22,24)/t13-,14-/m0/s1. The molecule has 2 aromatic carbocycles. The highest BCUT2D eigenvalue weighted by molar-refractivity contribution is 7.92. The molecule has 1 N–H and O–H groups in total. The summed E-state index contributed by atoms with van der Waals surface area (Å²) in [4.78, 5) is 12.4. The lowest BCUT2D eigenvalue weighted by molar-refractivity contribution is 0.0939. The Labute approximate surface area is 159 Å². The molecule has 0 aromatic heterocycles. The molecular formula is C20H23FN2O3S. The van der Waals surface area contributed by atoms with Crippen LogP contribution in [0, 0.1) is 5.82 Å². The van der Waals surface area contributed by atoms with Crippen LogP contribution in [0.4, 0.5) is 10.1 Å². The first-order valence-electron chi connectivity index (χ1n) is 8.97. The summed E-state index contributed by atoms with van der Waals surface area (Å²) in [5.74, 6) is -0.652. The Morgan fingerprint density at radius 1 is 1.26 bits per heavy atom. The molecule has 1 amide bonds. The summed E-state index contributed by atoms with van der Waals surface area (Å²) < 4.78 is 40.6. The van der Waals surface area contributed by atoms with Crippen LogP contribution in [-0.4, -0.2) is 26.4 Å². The van der Waals surface area contributed by atoms with Crippen molar-refractivity contribution in [3.8, 4) is 0 Å². The zero-order chi connectivity index (χ0) is 19.8. The summed E-state index contributed by atoms with van der Waals surface area (Å²) in [5.41, 5.74) is 1.89. The van der Waals surface area contributed by atoms with E-state index in [4.69, 9.17) is 0 Å². The van der Waals surface area contributed by atoms with Gasteiger partial charge in [0.1, 0.15) is 5.82 Å². The van der Waals surface area contributed by atoms with Crippen molar-refractivity contribution in [2.24, 2.45) is 0 Å². The van der Waals surface area contributed by atoms with Crippen molar-refractivity contribution >= 4 is 21.6 Å². The lowest BCUT2D eigenvalue weighted by Crippen LogP contribution is -2.35. The Morgan fingerprint density at radius 2 is 1.93 bits per heavy atom. The van der Waals surface area contributed by atoms with E-state index in [1.165, 1.54) is 16.4 Å². The van der Waals surface area contributed by atoms with Crippen LogP contribution < -0.4 is 9.62 Å². The highest BCUT2D eigenvalue weighted by atomic mass is 32.2. The third-order valence-electron chi connectivity index (χ3n) is 4.86. The van der Waals surface area contributed by atoms with Crippen molar-refractivity contribution in [3.05, 3.63) is 59.4 Å². The molecule has 0 unspecified atom stereocenters. The molecule has 0 saturated heterocycles. The molecule has 5 nitrogen and oxygen atoms in total. The number of hydrogen-bond donors (Lipinski definition) is 1. The van der Waals surface area contributed by atoms with E-state index in [1.54, 1.807) is 18.2 Å². The van der Waals surface area contributed by atoms with Gasteiger partial charge in [0.05, 0.1) is 10.6 Å². The van der Waals surface area contributed by atoms with E-state index >= 15 is 0 Å². The average molecular weight is 390 g/mol. The quantitative estimate of drug-likeness (QED) is 0.850. The minimum absolute atomic E-state index is 0.0437. The number of fused-ring (bicyclic) bond motifs is 1. The molecule has 0 fully saturated rings. The van der Waals surface area contributed by atoms with Crippen molar-refractivity contribution in [3.63, 3.8) is 0 Å². The van der Waals surface area contributed by atoms with E-state index in [-0.39, 0.29) is 22.9 Å². The average Bonchev–Trinajstić information content (AvgIpc) is 2.97. The highest BCUT2D eigenvalue weighted by Gasteiger charge is 2.36. The second-order valence-electron chi connectivity index (χ2n) is 6.93. The van der Waals surface area contributed by atoms with Crippen molar-refractivity contribution in [2.45, 2.75) is 50.6 Å². The number of hydrogen-bond acceptors (Lipinski definition) is 3. The van der Waals surface area contributed by atoms with Crippen molar-refractivity contribution in [2.75, 3.05) is 4.31 Å². The van der Waals surface area contributed by atoms with Gasteiger partial charge in [-0.2, -0.15) is 0 Å². The summed E-state index contributed by atoms with van der Waals surface area (Å²) in [6.07, 6.45) is 1.34. The van der Waals surface area contributed by atoms with Crippen LogP contribution in [0.15, 0.2) is 47.4 Å². The SMILES string of the molecule is CC[C@H](C)NC(=O)c1ccc2c(c1)C[C@H](C)N2S(=O)(=O)c1ccc(F)cc1. The van der Waals surface area contributed by atoms with Gasteiger partial charge in [0, 0.05) is 17.6 Å². The van der Waals surface area contributed by atoms with E-state index in [1.807, 2.05) is 20.8 Å². The Kier molecular flexibility index (Phi) is 5.24. The van der Waals surface area contributed by atoms with Gasteiger partial charge in [0.2, 0.25) is 0 Å². The second-order valence-corrected chi connectivity index (χ2v) is 8.75. The maximum absolute atomic E-state index is 13.2. The van der Waals surface area contributed by atoms with Gasteiger partial charge in [0.15, 0.2) is 0 Å². The minimum Gasteiger partial charge on any atom is -0.350 e. The predicted octanol–water partition coefficient (Wildman–Crippen LogP) is 3.49. The van der Waals surface area contributed by atoms with Gasteiger partial charge < -0.3 is 5.32 Å².